The Kier molecular flexibility index (Phi) is 11.9. The molecule has 0 N–H and O–H groups in total. The van der Waals surface area contributed by atoms with Crippen molar-refractivity contribution < 1.29 is 4.65 Å². The van der Waals surface area contributed by atoms with Crippen LogP contribution in [0.4, 0.5) is 0 Å². The van der Waals surface area contributed by atoms with Gasteiger partial charge in [-0.2, -0.15) is 0 Å². The van der Waals surface area contributed by atoms with Gasteiger partial charge in [-0.15, -0.1) is 0 Å². The number of hydrogen-bond donors (Lipinski definition) is 0. The maximum atomic E-state index is 12.6. The van der Waals surface area contributed by atoms with Gasteiger partial charge in [0.1, 0.15) is 0 Å². The van der Waals surface area contributed by atoms with Gasteiger partial charge in [0.05, 0.1) is 19.6 Å². The lowest BCUT2D eigenvalue weighted by Crippen LogP contribution is -2.44. The molecule has 0 saturated heterocycles. The largest absolute Gasteiger partial charge is 0.633 e. The zero-order chi connectivity index (χ0) is 13.7. The molecule has 0 atom stereocenters. The van der Waals surface area contributed by atoms with Crippen molar-refractivity contribution >= 4 is 0 Å². The molecule has 0 aliphatic heterocycles. The van der Waals surface area contributed by atoms with Gasteiger partial charge in [0.25, 0.3) is 0 Å². The van der Waals surface area contributed by atoms with Crippen LogP contribution >= 0.6 is 0 Å². The molecule has 0 unspecified atom stereocenters. The molecule has 0 aromatic carbocycles. The van der Waals surface area contributed by atoms with Crippen LogP contribution in [0.25, 0.3) is 0 Å². The molecule has 0 radical (unpaired) electrons. The van der Waals surface area contributed by atoms with Crippen LogP contribution in [0.1, 0.15) is 85.0 Å². The third kappa shape index (κ3) is 9.90. The smallest absolute Gasteiger partial charge is 0.0783 e. The SMILES string of the molecule is CCCCCCCC[N+]([O-])(CCCC)CCCC. The summed E-state index contributed by atoms with van der Waals surface area (Å²) in [6.45, 7) is 9.13. The first-order chi connectivity index (χ1) is 8.68. The highest BCUT2D eigenvalue weighted by Crippen LogP contribution is 2.14. The van der Waals surface area contributed by atoms with Gasteiger partial charge in [0.15, 0.2) is 0 Å². The van der Waals surface area contributed by atoms with Crippen LogP contribution in [-0.4, -0.2) is 24.3 Å². The highest BCUT2D eigenvalue weighted by molar-refractivity contribution is 4.49. The van der Waals surface area contributed by atoms with Gasteiger partial charge < -0.3 is 9.85 Å². The highest BCUT2D eigenvalue weighted by atomic mass is 16.5. The number of hydroxylamine groups is 3. The fourth-order valence-corrected chi connectivity index (χ4v) is 2.41. The average molecular weight is 257 g/mol. The summed E-state index contributed by atoms with van der Waals surface area (Å²) in [4.78, 5) is 0. The Labute approximate surface area is 115 Å². The van der Waals surface area contributed by atoms with E-state index >= 15 is 0 Å². The van der Waals surface area contributed by atoms with Gasteiger partial charge in [0, 0.05) is 0 Å². The molecule has 18 heavy (non-hydrogen) atoms. The third-order valence-corrected chi connectivity index (χ3v) is 3.76. The van der Waals surface area contributed by atoms with E-state index in [-0.39, 0.29) is 4.65 Å². The fourth-order valence-electron chi connectivity index (χ4n) is 2.41. The lowest BCUT2D eigenvalue weighted by Gasteiger charge is -2.43. The van der Waals surface area contributed by atoms with E-state index < -0.39 is 0 Å². The number of quaternary nitrogens is 1. The zero-order valence-electron chi connectivity index (χ0n) is 13.0. The first kappa shape index (κ1) is 17.9. The maximum Gasteiger partial charge on any atom is 0.0783 e. The summed E-state index contributed by atoms with van der Waals surface area (Å²) in [7, 11) is 0. The maximum absolute atomic E-state index is 12.6. The molecule has 0 saturated carbocycles. The lowest BCUT2D eigenvalue weighted by atomic mass is 10.1. The molecule has 0 fully saturated rings. The Bertz CT molecular complexity index is 162. The minimum absolute atomic E-state index is 0.0788. The van der Waals surface area contributed by atoms with Crippen LogP contribution in [0.3, 0.4) is 0 Å². The predicted octanol–water partition coefficient (Wildman–Crippen LogP) is 5.26. The molecule has 0 aromatic rings. The lowest BCUT2D eigenvalue weighted by molar-refractivity contribution is -0.881. The van der Waals surface area contributed by atoms with E-state index in [1.54, 1.807) is 0 Å². The summed E-state index contributed by atoms with van der Waals surface area (Å²) in [5.41, 5.74) is 0. The normalized spacial score (nSPS) is 12.0. The van der Waals surface area contributed by atoms with E-state index in [9.17, 15) is 5.21 Å². The summed E-state index contributed by atoms with van der Waals surface area (Å²) in [6.07, 6.45) is 12.1. The Morgan fingerprint density at radius 3 is 1.44 bits per heavy atom. The van der Waals surface area contributed by atoms with Crippen molar-refractivity contribution in [3.63, 3.8) is 0 Å². The first-order valence-corrected chi connectivity index (χ1v) is 8.25. The van der Waals surface area contributed by atoms with E-state index in [1.807, 2.05) is 0 Å². The summed E-state index contributed by atoms with van der Waals surface area (Å²) >= 11 is 0. The van der Waals surface area contributed by atoms with Gasteiger partial charge in [-0.1, -0.05) is 59.3 Å². The van der Waals surface area contributed by atoms with Crippen LogP contribution in [0.2, 0.25) is 0 Å². The molecule has 110 valence electrons. The summed E-state index contributed by atoms with van der Waals surface area (Å²) in [5.74, 6) is 0. The van der Waals surface area contributed by atoms with E-state index in [0.717, 1.165) is 51.7 Å². The quantitative estimate of drug-likeness (QED) is 0.251. The van der Waals surface area contributed by atoms with Crippen molar-refractivity contribution in [2.75, 3.05) is 19.6 Å². The van der Waals surface area contributed by atoms with Crippen LogP contribution in [0, 0.1) is 5.21 Å². The topological polar surface area (TPSA) is 23.1 Å². The molecule has 0 heterocycles. The number of unbranched alkanes of at least 4 members (excludes halogenated alkanes) is 7. The van der Waals surface area contributed by atoms with Gasteiger partial charge in [-0.05, 0) is 25.7 Å². The van der Waals surface area contributed by atoms with E-state index in [0.29, 0.717) is 0 Å². The Morgan fingerprint density at radius 2 is 0.944 bits per heavy atom. The minimum Gasteiger partial charge on any atom is -0.633 e. The molecule has 0 aliphatic rings. The second-order valence-electron chi connectivity index (χ2n) is 5.70. The highest BCUT2D eigenvalue weighted by Gasteiger charge is 2.14. The Morgan fingerprint density at radius 1 is 0.556 bits per heavy atom. The van der Waals surface area contributed by atoms with E-state index in [1.165, 1.54) is 32.1 Å². The fraction of sp³-hybridized carbons (Fsp3) is 1.00. The van der Waals surface area contributed by atoms with Gasteiger partial charge in [0.2, 0.25) is 0 Å². The van der Waals surface area contributed by atoms with Gasteiger partial charge in [-0.3, -0.25) is 0 Å². The molecule has 0 amide bonds. The molecule has 0 rings (SSSR count). The summed E-state index contributed by atoms with van der Waals surface area (Å²) in [5, 5.41) is 12.6. The van der Waals surface area contributed by atoms with Crippen molar-refractivity contribution in [1.82, 2.24) is 0 Å². The predicted molar refractivity (Wildman–Crippen MR) is 81.4 cm³/mol. The average Bonchev–Trinajstić information content (AvgIpc) is 2.38. The molecule has 0 aromatic heterocycles. The molecule has 0 aliphatic carbocycles. The second kappa shape index (κ2) is 12.0. The van der Waals surface area contributed by atoms with Crippen LogP contribution in [0.15, 0.2) is 0 Å². The summed E-state index contributed by atoms with van der Waals surface area (Å²) in [6, 6.07) is 0. The number of rotatable bonds is 13. The second-order valence-corrected chi connectivity index (χ2v) is 5.70. The molecule has 0 bridgehead atoms. The van der Waals surface area contributed by atoms with Crippen molar-refractivity contribution in [2.24, 2.45) is 0 Å². The van der Waals surface area contributed by atoms with Gasteiger partial charge >= 0.3 is 0 Å². The minimum atomic E-state index is 0.0788. The van der Waals surface area contributed by atoms with Crippen molar-refractivity contribution in [3.05, 3.63) is 5.21 Å². The monoisotopic (exact) mass is 257 g/mol. The van der Waals surface area contributed by atoms with Crippen LogP contribution in [-0.2, 0) is 0 Å². The van der Waals surface area contributed by atoms with E-state index in [4.69, 9.17) is 0 Å². The first-order valence-electron chi connectivity index (χ1n) is 8.25. The number of hydrogen-bond acceptors (Lipinski definition) is 1. The van der Waals surface area contributed by atoms with Gasteiger partial charge in [-0.25, -0.2) is 0 Å². The van der Waals surface area contributed by atoms with E-state index in [2.05, 4.69) is 20.8 Å². The standard InChI is InChI=1S/C16H35NO/c1-4-7-10-11-12-13-16-17(18,14-8-5-2)15-9-6-3/h4-16H2,1-3H3. The van der Waals surface area contributed by atoms with Crippen LogP contribution < -0.4 is 0 Å². The summed E-state index contributed by atoms with van der Waals surface area (Å²) < 4.78 is 0.0788. The molecular weight excluding hydrogens is 222 g/mol. The molecule has 2 heteroatoms. The molecule has 0 spiro atoms. The Balaban J connectivity index is 3.77. The van der Waals surface area contributed by atoms with Crippen molar-refractivity contribution in [2.45, 2.75) is 85.0 Å². The molecule has 2 nitrogen and oxygen atoms in total. The number of nitrogens with zero attached hydrogens (tertiary/aromatic N) is 1. The zero-order valence-corrected chi connectivity index (χ0v) is 13.0. The van der Waals surface area contributed by atoms with Crippen molar-refractivity contribution in [1.29, 1.82) is 0 Å². The molecular formula is C16H35NO. The Hall–Kier alpha value is -0.0800. The van der Waals surface area contributed by atoms with Crippen molar-refractivity contribution in [3.8, 4) is 0 Å². The van der Waals surface area contributed by atoms with Crippen LogP contribution in [0.5, 0.6) is 0 Å². The third-order valence-electron chi connectivity index (χ3n) is 3.76.